The normalized spacial score (nSPS) is 18.2. The van der Waals surface area contributed by atoms with Gasteiger partial charge in [-0.05, 0) is 37.1 Å². The number of carbonyl (C=O) groups is 1. The van der Waals surface area contributed by atoms with E-state index in [1.165, 1.54) is 0 Å². The molecule has 2 heterocycles. The third-order valence-electron chi connectivity index (χ3n) is 6.10. The first-order chi connectivity index (χ1) is 15.0. The van der Waals surface area contributed by atoms with Gasteiger partial charge in [0.25, 0.3) is 0 Å². The summed E-state index contributed by atoms with van der Waals surface area (Å²) < 4.78 is 32.0. The third-order valence-corrected chi connectivity index (χ3v) is 7.92. The second-order valence-corrected chi connectivity index (χ2v) is 10.1. The first kappa shape index (κ1) is 19.8. The Morgan fingerprint density at radius 2 is 1.45 bits per heavy atom. The molecule has 6 heteroatoms. The van der Waals surface area contributed by atoms with Gasteiger partial charge in [0, 0.05) is 23.7 Å². The topological polar surface area (TPSA) is 63.7 Å². The van der Waals surface area contributed by atoms with Crippen molar-refractivity contribution in [2.75, 3.05) is 12.3 Å². The van der Waals surface area contributed by atoms with E-state index in [0.717, 1.165) is 17.5 Å². The molecule has 1 amide bonds. The number of carbonyl (C=O) groups excluding carboxylic acids is 1. The largest absolute Gasteiger partial charge is 0.457 e. The Labute approximate surface area is 182 Å². The van der Waals surface area contributed by atoms with Crippen LogP contribution in [0, 0.1) is 0 Å². The highest BCUT2D eigenvalue weighted by molar-refractivity contribution is 7.91. The van der Waals surface area contributed by atoms with Gasteiger partial charge >= 0.3 is 0 Å². The van der Waals surface area contributed by atoms with Crippen LogP contribution in [0.4, 0.5) is 0 Å². The second-order valence-electron chi connectivity index (χ2n) is 8.03. The maximum atomic E-state index is 13.8. The van der Waals surface area contributed by atoms with E-state index in [1.54, 1.807) is 35.2 Å². The van der Waals surface area contributed by atoms with Crippen LogP contribution in [0.3, 0.4) is 0 Å². The average Bonchev–Trinajstić information content (AvgIpc) is 3.25. The van der Waals surface area contributed by atoms with Crippen LogP contribution >= 0.6 is 0 Å². The minimum atomic E-state index is -3.48. The molecule has 3 aromatic rings. The number of benzene rings is 3. The van der Waals surface area contributed by atoms with Crippen LogP contribution in [0.1, 0.15) is 29.9 Å². The summed E-state index contributed by atoms with van der Waals surface area (Å²) in [6.07, 6.45) is 1.48. The lowest BCUT2D eigenvalue weighted by atomic mass is 9.86. The highest BCUT2D eigenvalue weighted by Gasteiger charge is 2.40. The molecule has 0 saturated carbocycles. The van der Waals surface area contributed by atoms with Crippen molar-refractivity contribution in [3.63, 3.8) is 0 Å². The summed E-state index contributed by atoms with van der Waals surface area (Å²) in [6.45, 7) is 0.565. The molecule has 0 aromatic heterocycles. The molecule has 2 aliphatic heterocycles. The van der Waals surface area contributed by atoms with Crippen LogP contribution in [-0.2, 0) is 14.6 Å². The zero-order valence-corrected chi connectivity index (χ0v) is 17.8. The van der Waals surface area contributed by atoms with Gasteiger partial charge in [0.15, 0.2) is 9.84 Å². The molecule has 5 rings (SSSR count). The number of fused-ring (bicyclic) bond motifs is 2. The molecule has 1 unspecified atom stereocenters. The molecule has 31 heavy (non-hydrogen) atoms. The number of amides is 1. The summed E-state index contributed by atoms with van der Waals surface area (Å²) in [6, 6.07) is 23.3. The van der Waals surface area contributed by atoms with Gasteiger partial charge in [-0.2, -0.15) is 0 Å². The average molecular weight is 434 g/mol. The molecule has 0 bridgehead atoms. The minimum absolute atomic E-state index is 0.0603. The summed E-state index contributed by atoms with van der Waals surface area (Å²) in [5, 5.41) is 0. The Balaban J connectivity index is 1.48. The van der Waals surface area contributed by atoms with Crippen molar-refractivity contribution in [1.82, 2.24) is 4.90 Å². The van der Waals surface area contributed by atoms with Crippen molar-refractivity contribution in [3.05, 3.63) is 90.0 Å². The van der Waals surface area contributed by atoms with Crippen molar-refractivity contribution in [3.8, 4) is 11.5 Å². The highest BCUT2D eigenvalue weighted by atomic mass is 32.2. The Morgan fingerprint density at radius 3 is 2.10 bits per heavy atom. The fourth-order valence-electron chi connectivity index (χ4n) is 4.62. The first-order valence-corrected chi connectivity index (χ1v) is 12.1. The zero-order chi connectivity index (χ0) is 21.4. The van der Waals surface area contributed by atoms with E-state index in [9.17, 15) is 13.2 Å². The van der Waals surface area contributed by atoms with Gasteiger partial charge in [-0.25, -0.2) is 8.42 Å². The van der Waals surface area contributed by atoms with E-state index in [4.69, 9.17) is 4.74 Å². The van der Waals surface area contributed by atoms with E-state index in [1.807, 2.05) is 48.5 Å². The lowest BCUT2D eigenvalue weighted by Gasteiger charge is -2.33. The number of hydrogen-bond acceptors (Lipinski definition) is 4. The van der Waals surface area contributed by atoms with Gasteiger partial charge < -0.3 is 9.64 Å². The quantitative estimate of drug-likeness (QED) is 0.612. The summed E-state index contributed by atoms with van der Waals surface area (Å²) in [5.74, 6) is 0.726. The summed E-state index contributed by atoms with van der Waals surface area (Å²) >= 11 is 0. The van der Waals surface area contributed by atoms with E-state index in [-0.39, 0.29) is 17.7 Å². The fourth-order valence-corrected chi connectivity index (χ4v) is 6.24. The second kappa shape index (κ2) is 7.85. The van der Waals surface area contributed by atoms with Gasteiger partial charge in [0.05, 0.1) is 16.6 Å². The van der Waals surface area contributed by atoms with Crippen molar-refractivity contribution in [2.24, 2.45) is 0 Å². The molecule has 1 fully saturated rings. The van der Waals surface area contributed by atoms with E-state index in [0.29, 0.717) is 29.4 Å². The molecule has 0 spiro atoms. The van der Waals surface area contributed by atoms with Crippen molar-refractivity contribution >= 4 is 15.7 Å². The lowest BCUT2D eigenvalue weighted by Crippen LogP contribution is -2.42. The first-order valence-electron chi connectivity index (χ1n) is 10.5. The monoisotopic (exact) mass is 433 g/mol. The Morgan fingerprint density at radius 1 is 0.871 bits per heavy atom. The van der Waals surface area contributed by atoms with Gasteiger partial charge in [-0.15, -0.1) is 0 Å². The van der Waals surface area contributed by atoms with E-state index in [2.05, 4.69) is 0 Å². The predicted molar refractivity (Wildman–Crippen MR) is 118 cm³/mol. The standard InChI is InChI=1S/C25H23NO4S/c27-25(24-20-12-4-6-14-22(20)30-23-15-7-5-13-21(23)24)26-16-8-9-18(26)17-31(28,29)19-10-2-1-3-11-19/h1-7,10-15,18,24H,8-9,16-17H2. The number of nitrogens with zero attached hydrogens (tertiary/aromatic N) is 1. The number of ether oxygens (including phenoxy) is 1. The van der Waals surface area contributed by atoms with Crippen LogP contribution in [0.5, 0.6) is 11.5 Å². The van der Waals surface area contributed by atoms with Gasteiger partial charge in [-0.3, -0.25) is 4.79 Å². The Kier molecular flexibility index (Phi) is 5.02. The molecule has 3 aromatic carbocycles. The maximum absolute atomic E-state index is 13.8. The minimum Gasteiger partial charge on any atom is -0.457 e. The maximum Gasteiger partial charge on any atom is 0.235 e. The molecule has 158 valence electrons. The molecule has 0 radical (unpaired) electrons. The smallest absolute Gasteiger partial charge is 0.235 e. The van der Waals surface area contributed by atoms with Crippen LogP contribution < -0.4 is 4.74 Å². The predicted octanol–water partition coefficient (Wildman–Crippen LogP) is 4.39. The zero-order valence-electron chi connectivity index (χ0n) is 17.0. The van der Waals surface area contributed by atoms with Crippen molar-refractivity contribution < 1.29 is 17.9 Å². The SMILES string of the molecule is O=C(C1c2ccccc2Oc2ccccc21)N1CCCC1CS(=O)(=O)c1ccccc1. The van der Waals surface area contributed by atoms with Crippen LogP contribution in [-0.4, -0.2) is 37.6 Å². The fraction of sp³-hybridized carbons (Fsp3) is 0.240. The summed E-state index contributed by atoms with van der Waals surface area (Å²) in [7, 11) is -3.48. The molecule has 2 aliphatic rings. The molecule has 5 nitrogen and oxygen atoms in total. The third kappa shape index (κ3) is 3.61. The van der Waals surface area contributed by atoms with E-state index >= 15 is 0 Å². The molecule has 0 N–H and O–H groups in total. The Bertz CT molecular complexity index is 1180. The number of rotatable bonds is 4. The van der Waals surface area contributed by atoms with Gasteiger partial charge in [-0.1, -0.05) is 54.6 Å². The summed E-state index contributed by atoms with van der Waals surface area (Å²) in [5.41, 5.74) is 1.64. The summed E-state index contributed by atoms with van der Waals surface area (Å²) in [4.78, 5) is 15.9. The van der Waals surface area contributed by atoms with E-state index < -0.39 is 15.8 Å². The number of hydrogen-bond donors (Lipinski definition) is 0. The lowest BCUT2D eigenvalue weighted by molar-refractivity contribution is -0.132. The van der Waals surface area contributed by atoms with Crippen LogP contribution in [0.15, 0.2) is 83.8 Å². The molecule has 1 atom stereocenters. The number of sulfone groups is 1. The number of likely N-dealkylation sites (tertiary alicyclic amines) is 1. The Hall–Kier alpha value is -3.12. The number of para-hydroxylation sites is 2. The molecule has 1 saturated heterocycles. The molecular formula is C25H23NO4S. The van der Waals surface area contributed by atoms with Crippen molar-refractivity contribution in [1.29, 1.82) is 0 Å². The van der Waals surface area contributed by atoms with Crippen molar-refractivity contribution in [2.45, 2.75) is 29.7 Å². The molecular weight excluding hydrogens is 410 g/mol. The van der Waals surface area contributed by atoms with Gasteiger partial charge in [0.1, 0.15) is 11.5 Å². The molecule has 0 aliphatic carbocycles. The van der Waals surface area contributed by atoms with Gasteiger partial charge in [0.2, 0.25) is 5.91 Å². The van der Waals surface area contributed by atoms with Crippen LogP contribution in [0.25, 0.3) is 0 Å². The highest BCUT2D eigenvalue weighted by Crippen LogP contribution is 2.45. The van der Waals surface area contributed by atoms with Crippen LogP contribution in [0.2, 0.25) is 0 Å².